The number of carbonyl (C=O) groups excluding carboxylic acids is 2. The number of nitrogens with zero attached hydrogens (tertiary/aromatic N) is 1. The fourth-order valence-electron chi connectivity index (χ4n) is 3.68. The van der Waals surface area contributed by atoms with Gasteiger partial charge >= 0.3 is 11.8 Å². The normalized spacial score (nSPS) is 14.3. The van der Waals surface area contributed by atoms with Crippen LogP contribution in [0.15, 0.2) is 48.5 Å². The number of benzene rings is 2. The van der Waals surface area contributed by atoms with E-state index < -0.39 is 11.8 Å². The maximum atomic E-state index is 12.5. The fraction of sp³-hybridized carbons (Fsp3) is 0.391. The zero-order valence-electron chi connectivity index (χ0n) is 17.0. The summed E-state index contributed by atoms with van der Waals surface area (Å²) < 4.78 is 10.5. The van der Waals surface area contributed by atoms with Gasteiger partial charge in [-0.15, -0.1) is 0 Å². The number of ether oxygens (including phenoxy) is 2. The van der Waals surface area contributed by atoms with Crippen molar-refractivity contribution >= 4 is 11.8 Å². The van der Waals surface area contributed by atoms with Crippen LogP contribution in [0.3, 0.4) is 0 Å². The van der Waals surface area contributed by atoms with Gasteiger partial charge in [-0.1, -0.05) is 36.4 Å². The average Bonchev–Trinajstić information content (AvgIpc) is 2.78. The zero-order valence-corrected chi connectivity index (χ0v) is 17.0. The standard InChI is InChI=1S/C23H28N2O4/c1-28-20-9-8-19(15-21(20)29-2)16-24-22(26)23(27)25-12-10-18(11-13-25)14-17-6-4-3-5-7-17/h3-9,15,18H,10-14,16H2,1-2H3,(H,24,26). The molecule has 1 fully saturated rings. The highest BCUT2D eigenvalue weighted by molar-refractivity contribution is 6.34. The van der Waals surface area contributed by atoms with E-state index in [4.69, 9.17) is 9.47 Å². The van der Waals surface area contributed by atoms with E-state index in [2.05, 4.69) is 29.6 Å². The van der Waals surface area contributed by atoms with Crippen LogP contribution in [0.5, 0.6) is 11.5 Å². The number of piperidine rings is 1. The molecule has 6 nitrogen and oxygen atoms in total. The van der Waals surface area contributed by atoms with Gasteiger partial charge in [0, 0.05) is 19.6 Å². The molecule has 0 radical (unpaired) electrons. The summed E-state index contributed by atoms with van der Waals surface area (Å²) in [7, 11) is 3.13. The lowest BCUT2D eigenvalue weighted by Crippen LogP contribution is -2.46. The van der Waals surface area contributed by atoms with Crippen LogP contribution in [0.25, 0.3) is 0 Å². The van der Waals surface area contributed by atoms with Crippen molar-refractivity contribution in [1.29, 1.82) is 0 Å². The molecule has 0 unspecified atom stereocenters. The Kier molecular flexibility index (Phi) is 7.11. The van der Waals surface area contributed by atoms with Crippen LogP contribution >= 0.6 is 0 Å². The predicted octanol–water partition coefficient (Wildman–Crippen LogP) is 2.80. The summed E-state index contributed by atoms with van der Waals surface area (Å²) in [5.41, 5.74) is 2.16. The number of likely N-dealkylation sites (tertiary alicyclic amines) is 1. The molecule has 1 aliphatic heterocycles. The first-order valence-corrected chi connectivity index (χ1v) is 9.92. The van der Waals surface area contributed by atoms with Crippen LogP contribution in [0.1, 0.15) is 24.0 Å². The number of nitrogens with one attached hydrogen (secondary N) is 1. The molecule has 29 heavy (non-hydrogen) atoms. The molecule has 0 spiro atoms. The lowest BCUT2D eigenvalue weighted by molar-refractivity contribution is -0.146. The van der Waals surface area contributed by atoms with Crippen LogP contribution in [0, 0.1) is 5.92 Å². The second kappa shape index (κ2) is 9.96. The van der Waals surface area contributed by atoms with E-state index in [-0.39, 0.29) is 6.54 Å². The molecular formula is C23H28N2O4. The van der Waals surface area contributed by atoms with Gasteiger partial charge in [0.05, 0.1) is 14.2 Å². The molecule has 154 valence electrons. The van der Waals surface area contributed by atoms with Crippen molar-refractivity contribution < 1.29 is 19.1 Å². The van der Waals surface area contributed by atoms with Gasteiger partial charge in [-0.25, -0.2) is 0 Å². The van der Waals surface area contributed by atoms with Crippen LogP contribution in [0.2, 0.25) is 0 Å². The molecule has 6 heteroatoms. The second-order valence-electron chi connectivity index (χ2n) is 7.30. The Balaban J connectivity index is 1.46. The summed E-state index contributed by atoms with van der Waals surface area (Å²) in [4.78, 5) is 26.4. The molecule has 0 saturated carbocycles. The molecule has 0 atom stereocenters. The summed E-state index contributed by atoms with van der Waals surface area (Å²) in [6.45, 7) is 1.51. The molecule has 0 bridgehead atoms. The number of carbonyl (C=O) groups is 2. The third kappa shape index (κ3) is 5.50. The maximum Gasteiger partial charge on any atom is 0.311 e. The Morgan fingerprint density at radius 2 is 1.66 bits per heavy atom. The first-order valence-electron chi connectivity index (χ1n) is 9.92. The van der Waals surface area contributed by atoms with E-state index >= 15 is 0 Å². The Labute approximate surface area is 171 Å². The van der Waals surface area contributed by atoms with Crippen molar-refractivity contribution in [2.75, 3.05) is 27.3 Å². The second-order valence-corrected chi connectivity index (χ2v) is 7.30. The number of hydrogen-bond acceptors (Lipinski definition) is 4. The number of methoxy groups -OCH3 is 2. The molecule has 0 aliphatic carbocycles. The summed E-state index contributed by atoms with van der Waals surface area (Å²) >= 11 is 0. The van der Waals surface area contributed by atoms with Gasteiger partial charge in [-0.3, -0.25) is 9.59 Å². The first kappa shape index (κ1) is 20.7. The molecule has 2 aromatic rings. The lowest BCUT2D eigenvalue weighted by atomic mass is 9.90. The van der Waals surface area contributed by atoms with Crippen LogP contribution in [0.4, 0.5) is 0 Å². The number of hydrogen-bond donors (Lipinski definition) is 1. The molecule has 1 N–H and O–H groups in total. The van der Waals surface area contributed by atoms with E-state index in [9.17, 15) is 9.59 Å². The minimum atomic E-state index is -0.568. The quantitative estimate of drug-likeness (QED) is 0.763. The molecule has 2 aromatic carbocycles. The van der Waals surface area contributed by atoms with Crippen LogP contribution in [-0.4, -0.2) is 44.0 Å². The van der Waals surface area contributed by atoms with Crippen molar-refractivity contribution in [2.24, 2.45) is 5.92 Å². The highest BCUT2D eigenvalue weighted by Crippen LogP contribution is 2.27. The van der Waals surface area contributed by atoms with Gasteiger partial charge in [0.15, 0.2) is 11.5 Å². The van der Waals surface area contributed by atoms with Gasteiger partial charge in [0.25, 0.3) is 0 Å². The zero-order chi connectivity index (χ0) is 20.6. The average molecular weight is 396 g/mol. The van der Waals surface area contributed by atoms with Gasteiger partial charge < -0.3 is 19.7 Å². The van der Waals surface area contributed by atoms with E-state index in [0.29, 0.717) is 30.5 Å². The lowest BCUT2D eigenvalue weighted by Gasteiger charge is -2.31. The minimum absolute atomic E-state index is 0.259. The highest BCUT2D eigenvalue weighted by atomic mass is 16.5. The topological polar surface area (TPSA) is 67.9 Å². The fourth-order valence-corrected chi connectivity index (χ4v) is 3.68. The van der Waals surface area contributed by atoms with Crippen molar-refractivity contribution in [3.05, 3.63) is 59.7 Å². The summed E-state index contributed by atoms with van der Waals surface area (Å²) in [5, 5.41) is 2.71. The molecule has 2 amide bonds. The highest BCUT2D eigenvalue weighted by Gasteiger charge is 2.27. The van der Waals surface area contributed by atoms with Gasteiger partial charge in [0.1, 0.15) is 0 Å². The van der Waals surface area contributed by atoms with E-state index in [1.54, 1.807) is 31.3 Å². The van der Waals surface area contributed by atoms with Crippen molar-refractivity contribution in [1.82, 2.24) is 10.2 Å². The van der Waals surface area contributed by atoms with Gasteiger partial charge in [0.2, 0.25) is 0 Å². The molecule has 0 aromatic heterocycles. The molecule has 1 aliphatic rings. The SMILES string of the molecule is COc1ccc(CNC(=O)C(=O)N2CCC(Cc3ccccc3)CC2)cc1OC. The monoisotopic (exact) mass is 396 g/mol. The summed E-state index contributed by atoms with van der Waals surface area (Å²) in [6, 6.07) is 15.8. The van der Waals surface area contributed by atoms with E-state index in [0.717, 1.165) is 24.8 Å². The molecule has 1 heterocycles. The largest absolute Gasteiger partial charge is 0.493 e. The molecule has 3 rings (SSSR count). The first-order chi connectivity index (χ1) is 14.1. The molecule has 1 saturated heterocycles. The van der Waals surface area contributed by atoms with Crippen LogP contribution < -0.4 is 14.8 Å². The maximum absolute atomic E-state index is 12.5. The summed E-state index contributed by atoms with van der Waals surface area (Å²) in [5.74, 6) is 0.740. The molecular weight excluding hydrogens is 368 g/mol. The Bertz CT molecular complexity index is 830. The summed E-state index contributed by atoms with van der Waals surface area (Å²) in [6.07, 6.45) is 2.86. The third-order valence-electron chi connectivity index (χ3n) is 5.36. The number of rotatable bonds is 6. The van der Waals surface area contributed by atoms with Crippen LogP contribution in [-0.2, 0) is 22.6 Å². The Hall–Kier alpha value is -3.02. The van der Waals surface area contributed by atoms with Crippen molar-refractivity contribution in [3.8, 4) is 11.5 Å². The van der Waals surface area contributed by atoms with E-state index in [1.165, 1.54) is 5.56 Å². The van der Waals surface area contributed by atoms with Gasteiger partial charge in [-0.2, -0.15) is 0 Å². The Morgan fingerprint density at radius 3 is 2.31 bits per heavy atom. The third-order valence-corrected chi connectivity index (χ3v) is 5.36. The number of amides is 2. The predicted molar refractivity (Wildman–Crippen MR) is 111 cm³/mol. The smallest absolute Gasteiger partial charge is 0.311 e. The van der Waals surface area contributed by atoms with Crippen molar-refractivity contribution in [3.63, 3.8) is 0 Å². The van der Waals surface area contributed by atoms with Gasteiger partial charge in [-0.05, 0) is 48.4 Å². The Morgan fingerprint density at radius 1 is 0.966 bits per heavy atom. The van der Waals surface area contributed by atoms with Crippen molar-refractivity contribution in [2.45, 2.75) is 25.8 Å². The van der Waals surface area contributed by atoms with E-state index in [1.807, 2.05) is 12.1 Å². The minimum Gasteiger partial charge on any atom is -0.493 e.